The van der Waals surface area contributed by atoms with Crippen molar-refractivity contribution >= 4 is 5.91 Å². The molecule has 2 nitrogen and oxygen atoms in total. The van der Waals surface area contributed by atoms with Gasteiger partial charge in [0.1, 0.15) is 0 Å². The van der Waals surface area contributed by atoms with Gasteiger partial charge in [0, 0.05) is 19.2 Å². The predicted molar refractivity (Wildman–Crippen MR) is 26.9 cm³/mol. The van der Waals surface area contributed by atoms with Crippen LogP contribution in [0.2, 0.25) is 0 Å². The molecule has 0 fully saturated rings. The summed E-state index contributed by atoms with van der Waals surface area (Å²) in [5, 5.41) is 0. The summed E-state index contributed by atoms with van der Waals surface area (Å²) in [6, 6.07) is -3.07. The van der Waals surface area contributed by atoms with Crippen molar-refractivity contribution in [1.29, 1.82) is 0 Å². The smallest absolute Gasteiger partial charge is 0.280 e. The molecule has 1 heterocycles. The number of carbonyl (C=O) groups excluding carboxylic acids is 1. The van der Waals surface area contributed by atoms with Crippen LogP contribution in [0.5, 0.6) is 0 Å². The molecule has 0 aliphatic carbocycles. The number of likely N-dealkylation sites (N-methyl/N-ethyl adjacent to an activating group) is 1. The summed E-state index contributed by atoms with van der Waals surface area (Å²) in [7, 11) is 1.06. The van der Waals surface area contributed by atoms with Crippen LogP contribution in [-0.2, 0) is 4.79 Å². The first-order valence-electron chi connectivity index (χ1n) is 2.39. The summed E-state index contributed by atoms with van der Waals surface area (Å²) >= 11 is 0. The minimum absolute atomic E-state index is 0.382. The monoisotopic (exact) mass is 133 g/mol. The topological polar surface area (TPSA) is 20.3 Å². The normalized spacial score (nSPS) is 23.4. The zero-order valence-corrected chi connectivity index (χ0v) is 4.77. The highest BCUT2D eigenvalue weighted by atomic mass is 19.3. The van der Waals surface area contributed by atoms with E-state index in [1.165, 1.54) is 0 Å². The zero-order valence-electron chi connectivity index (χ0n) is 4.77. The van der Waals surface area contributed by atoms with E-state index in [4.69, 9.17) is 0 Å². The summed E-state index contributed by atoms with van der Waals surface area (Å²) in [4.78, 5) is 10.7. The molecule has 1 amide bonds. The van der Waals surface area contributed by atoms with Gasteiger partial charge in [-0.15, -0.1) is 0 Å². The number of amides is 1. The number of nitrogens with zero attached hydrogens (tertiary/aromatic N) is 1. The predicted octanol–water partition coefficient (Wildman–Crippen LogP) is 0.607. The van der Waals surface area contributed by atoms with Gasteiger partial charge in [-0.05, 0) is 0 Å². The molecule has 4 heteroatoms. The van der Waals surface area contributed by atoms with Crippen LogP contribution in [0.25, 0.3) is 0 Å². The van der Waals surface area contributed by atoms with Crippen molar-refractivity contribution in [3.63, 3.8) is 0 Å². The summed E-state index contributed by atoms with van der Waals surface area (Å²) in [5.41, 5.74) is 0. The van der Waals surface area contributed by atoms with Gasteiger partial charge in [0.2, 0.25) is 0 Å². The van der Waals surface area contributed by atoms with Crippen LogP contribution < -0.4 is 0 Å². The minimum atomic E-state index is -3.07. The number of rotatable bonds is 0. The maximum atomic E-state index is 12.2. The molecule has 0 saturated carbocycles. The Morgan fingerprint density at radius 2 is 2.22 bits per heavy atom. The van der Waals surface area contributed by atoms with Crippen LogP contribution in [0.4, 0.5) is 8.78 Å². The van der Waals surface area contributed by atoms with E-state index in [-0.39, 0.29) is 0 Å². The lowest BCUT2D eigenvalue weighted by atomic mass is 10.5. The standard InChI is InChI=1S/C5H5F2NO/c1-8-4(9)2-3-5(8,6)7/h2-3H,1H3. The SMILES string of the molecule is CN1C(=O)C=CC1(F)F. The van der Waals surface area contributed by atoms with Crippen molar-refractivity contribution in [2.75, 3.05) is 7.05 Å². The van der Waals surface area contributed by atoms with Crippen molar-refractivity contribution in [2.45, 2.75) is 6.05 Å². The second kappa shape index (κ2) is 1.52. The second-order valence-corrected chi connectivity index (χ2v) is 1.82. The molecule has 9 heavy (non-hydrogen) atoms. The Kier molecular flexibility index (Phi) is 1.05. The summed E-state index contributed by atoms with van der Waals surface area (Å²) < 4.78 is 24.4. The fourth-order valence-corrected chi connectivity index (χ4v) is 0.542. The lowest BCUT2D eigenvalue weighted by Gasteiger charge is -2.17. The van der Waals surface area contributed by atoms with Crippen LogP contribution in [0.1, 0.15) is 0 Å². The van der Waals surface area contributed by atoms with Gasteiger partial charge in [-0.3, -0.25) is 9.69 Å². The average molecular weight is 133 g/mol. The van der Waals surface area contributed by atoms with Gasteiger partial charge in [0.15, 0.2) is 0 Å². The highest BCUT2D eigenvalue weighted by Crippen LogP contribution is 2.24. The van der Waals surface area contributed by atoms with Gasteiger partial charge in [0.05, 0.1) is 0 Å². The second-order valence-electron chi connectivity index (χ2n) is 1.82. The molecule has 50 valence electrons. The van der Waals surface area contributed by atoms with Crippen LogP contribution in [-0.4, -0.2) is 23.9 Å². The average Bonchev–Trinajstić information content (AvgIpc) is 1.97. The third kappa shape index (κ3) is 0.800. The third-order valence-corrected chi connectivity index (χ3v) is 1.20. The molecule has 0 aromatic carbocycles. The van der Waals surface area contributed by atoms with Gasteiger partial charge in [-0.2, -0.15) is 8.78 Å². The number of carbonyl (C=O) groups is 1. The van der Waals surface area contributed by atoms with Gasteiger partial charge in [0.25, 0.3) is 5.91 Å². The van der Waals surface area contributed by atoms with Crippen molar-refractivity contribution in [2.24, 2.45) is 0 Å². The lowest BCUT2D eigenvalue weighted by molar-refractivity contribution is -0.144. The molecule has 0 saturated heterocycles. The van der Waals surface area contributed by atoms with E-state index in [1.54, 1.807) is 0 Å². The number of hydrogen-bond acceptors (Lipinski definition) is 1. The van der Waals surface area contributed by atoms with E-state index in [1.807, 2.05) is 0 Å². The highest BCUT2D eigenvalue weighted by molar-refractivity contribution is 5.90. The largest absolute Gasteiger partial charge is 0.348 e. The third-order valence-electron chi connectivity index (χ3n) is 1.20. The Hall–Kier alpha value is -0.930. The molecule has 0 aromatic rings. The van der Waals surface area contributed by atoms with Crippen molar-refractivity contribution in [3.05, 3.63) is 12.2 Å². The van der Waals surface area contributed by atoms with Crippen molar-refractivity contribution in [1.82, 2.24) is 4.90 Å². The fraction of sp³-hybridized carbons (Fsp3) is 0.400. The Morgan fingerprint density at radius 3 is 2.33 bits per heavy atom. The van der Waals surface area contributed by atoms with Gasteiger partial charge in [-0.1, -0.05) is 0 Å². The minimum Gasteiger partial charge on any atom is -0.280 e. The Labute approximate surface area is 50.8 Å². The van der Waals surface area contributed by atoms with Crippen LogP contribution in [0, 0.1) is 0 Å². The van der Waals surface area contributed by atoms with E-state index in [0.29, 0.717) is 11.0 Å². The van der Waals surface area contributed by atoms with Crippen molar-refractivity contribution in [3.8, 4) is 0 Å². The molecular weight excluding hydrogens is 128 g/mol. The van der Waals surface area contributed by atoms with Gasteiger partial charge >= 0.3 is 6.05 Å². The molecule has 1 aliphatic rings. The quantitative estimate of drug-likeness (QED) is 0.443. The lowest BCUT2D eigenvalue weighted by Crippen LogP contribution is -2.35. The molecule has 0 radical (unpaired) electrons. The molecule has 0 unspecified atom stereocenters. The molecule has 0 atom stereocenters. The Balaban J connectivity index is 2.86. The van der Waals surface area contributed by atoms with E-state index >= 15 is 0 Å². The van der Waals surface area contributed by atoms with E-state index in [0.717, 1.165) is 13.1 Å². The van der Waals surface area contributed by atoms with Gasteiger partial charge < -0.3 is 0 Å². The first-order valence-corrected chi connectivity index (χ1v) is 2.39. The van der Waals surface area contributed by atoms with E-state index in [9.17, 15) is 13.6 Å². The molecule has 1 rings (SSSR count). The maximum absolute atomic E-state index is 12.2. The molecule has 1 aliphatic heterocycles. The van der Waals surface area contributed by atoms with Crippen LogP contribution in [0.15, 0.2) is 12.2 Å². The summed E-state index contributed by atoms with van der Waals surface area (Å²) in [5.74, 6) is -0.653. The van der Waals surface area contributed by atoms with Gasteiger partial charge in [-0.25, -0.2) is 0 Å². The fourth-order valence-electron chi connectivity index (χ4n) is 0.542. The number of alkyl halides is 2. The van der Waals surface area contributed by atoms with Crippen LogP contribution >= 0.6 is 0 Å². The number of halogens is 2. The first kappa shape index (κ1) is 6.19. The summed E-state index contributed by atoms with van der Waals surface area (Å²) in [6.45, 7) is 0. The summed E-state index contributed by atoms with van der Waals surface area (Å²) in [6.07, 6.45) is 1.44. The Morgan fingerprint density at radius 1 is 1.67 bits per heavy atom. The van der Waals surface area contributed by atoms with E-state index < -0.39 is 12.0 Å². The highest BCUT2D eigenvalue weighted by Gasteiger charge is 2.38. The molecular formula is C5H5F2NO. The zero-order chi connectivity index (χ0) is 7.07. The van der Waals surface area contributed by atoms with E-state index in [2.05, 4.69) is 0 Å². The van der Waals surface area contributed by atoms with Crippen LogP contribution in [0.3, 0.4) is 0 Å². The maximum Gasteiger partial charge on any atom is 0.348 e. The number of hydrogen-bond donors (Lipinski definition) is 0. The Bertz CT molecular complexity index is 176. The molecule has 0 bridgehead atoms. The molecule has 0 aromatic heterocycles. The van der Waals surface area contributed by atoms with Crippen molar-refractivity contribution < 1.29 is 13.6 Å². The molecule has 0 spiro atoms. The first-order chi connectivity index (χ1) is 4.04. The molecule has 0 N–H and O–H groups in total.